The van der Waals surface area contributed by atoms with Crippen molar-refractivity contribution in [3.05, 3.63) is 56.1 Å². The molecular formula is C14H15NOS. The van der Waals surface area contributed by atoms with Gasteiger partial charge in [-0.1, -0.05) is 41.7 Å². The predicted octanol–water partition coefficient (Wildman–Crippen LogP) is 2.84. The van der Waals surface area contributed by atoms with Gasteiger partial charge in [0, 0.05) is 10.6 Å². The van der Waals surface area contributed by atoms with Gasteiger partial charge in [-0.25, -0.2) is 0 Å². The summed E-state index contributed by atoms with van der Waals surface area (Å²) in [5.41, 5.74) is 2.50. The maximum atomic E-state index is 12.0. The fraction of sp³-hybridized carbons (Fsp3) is 0.357. The number of thiazole rings is 1. The monoisotopic (exact) mass is 245 g/mol. The van der Waals surface area contributed by atoms with Crippen LogP contribution in [0.5, 0.6) is 0 Å². The minimum Gasteiger partial charge on any atom is -0.298 e. The SMILES string of the molecule is O=c1sc2c(n1Cc1ccccc1)CCCC2. The molecule has 1 heterocycles. The average Bonchev–Trinajstić information content (AvgIpc) is 2.68. The van der Waals surface area contributed by atoms with Crippen LogP contribution in [0.15, 0.2) is 35.1 Å². The Morgan fingerprint density at radius 3 is 2.71 bits per heavy atom. The van der Waals surface area contributed by atoms with Crippen LogP contribution in [0, 0.1) is 0 Å². The Hall–Kier alpha value is -1.35. The van der Waals surface area contributed by atoms with E-state index < -0.39 is 0 Å². The molecule has 1 aliphatic carbocycles. The first-order valence-electron chi connectivity index (χ1n) is 6.10. The van der Waals surface area contributed by atoms with E-state index in [1.807, 2.05) is 22.8 Å². The number of fused-ring (bicyclic) bond motifs is 1. The summed E-state index contributed by atoms with van der Waals surface area (Å²) in [5, 5.41) is 0. The van der Waals surface area contributed by atoms with Gasteiger partial charge in [0.2, 0.25) is 0 Å². The van der Waals surface area contributed by atoms with Crippen LogP contribution in [-0.2, 0) is 19.4 Å². The van der Waals surface area contributed by atoms with Crippen molar-refractivity contribution < 1.29 is 0 Å². The molecule has 0 atom stereocenters. The molecule has 0 fully saturated rings. The first-order valence-corrected chi connectivity index (χ1v) is 6.91. The molecule has 0 radical (unpaired) electrons. The van der Waals surface area contributed by atoms with Gasteiger partial charge in [0.25, 0.3) is 0 Å². The molecule has 0 saturated carbocycles. The second-order valence-corrected chi connectivity index (χ2v) is 5.56. The number of hydrogen-bond donors (Lipinski definition) is 0. The van der Waals surface area contributed by atoms with E-state index in [0.29, 0.717) is 0 Å². The molecule has 3 rings (SSSR count). The van der Waals surface area contributed by atoms with Gasteiger partial charge >= 0.3 is 4.87 Å². The van der Waals surface area contributed by atoms with Gasteiger partial charge in [-0.05, 0) is 31.2 Å². The molecule has 0 saturated heterocycles. The highest BCUT2D eigenvalue weighted by atomic mass is 32.1. The van der Waals surface area contributed by atoms with Gasteiger partial charge in [0.1, 0.15) is 0 Å². The van der Waals surface area contributed by atoms with Gasteiger partial charge in [-0.3, -0.25) is 9.36 Å². The summed E-state index contributed by atoms with van der Waals surface area (Å²) in [6.45, 7) is 0.728. The number of rotatable bonds is 2. The number of aryl methyl sites for hydroxylation is 1. The number of hydrogen-bond acceptors (Lipinski definition) is 2. The fourth-order valence-electron chi connectivity index (χ4n) is 2.45. The smallest absolute Gasteiger partial charge is 0.298 e. The number of benzene rings is 1. The summed E-state index contributed by atoms with van der Waals surface area (Å²) < 4.78 is 1.97. The van der Waals surface area contributed by atoms with E-state index in [2.05, 4.69) is 12.1 Å². The van der Waals surface area contributed by atoms with Crippen molar-refractivity contribution in [3.8, 4) is 0 Å². The highest BCUT2D eigenvalue weighted by Crippen LogP contribution is 2.23. The van der Waals surface area contributed by atoms with Gasteiger partial charge in [0.05, 0.1) is 6.54 Å². The first-order chi connectivity index (χ1) is 8.34. The molecule has 0 aliphatic heterocycles. The summed E-state index contributed by atoms with van der Waals surface area (Å²) in [6, 6.07) is 10.2. The molecule has 17 heavy (non-hydrogen) atoms. The van der Waals surface area contributed by atoms with Crippen molar-refractivity contribution in [1.29, 1.82) is 0 Å². The minimum absolute atomic E-state index is 0.209. The molecule has 0 unspecified atom stereocenters. The van der Waals surface area contributed by atoms with E-state index in [-0.39, 0.29) is 4.87 Å². The highest BCUT2D eigenvalue weighted by Gasteiger charge is 2.17. The van der Waals surface area contributed by atoms with Gasteiger partial charge in [-0.2, -0.15) is 0 Å². The summed E-state index contributed by atoms with van der Waals surface area (Å²) in [6.07, 6.45) is 4.62. The van der Waals surface area contributed by atoms with Crippen LogP contribution in [0.1, 0.15) is 29.0 Å². The molecule has 1 aliphatic rings. The van der Waals surface area contributed by atoms with Gasteiger partial charge in [0.15, 0.2) is 0 Å². The zero-order chi connectivity index (χ0) is 11.7. The van der Waals surface area contributed by atoms with Crippen molar-refractivity contribution >= 4 is 11.3 Å². The summed E-state index contributed by atoms with van der Waals surface area (Å²) in [5.74, 6) is 0. The zero-order valence-electron chi connectivity index (χ0n) is 9.69. The van der Waals surface area contributed by atoms with Crippen molar-refractivity contribution in [2.75, 3.05) is 0 Å². The predicted molar refractivity (Wildman–Crippen MR) is 70.8 cm³/mol. The van der Waals surface area contributed by atoms with Crippen LogP contribution in [-0.4, -0.2) is 4.57 Å². The number of aromatic nitrogens is 1. The molecule has 0 spiro atoms. The van der Waals surface area contributed by atoms with Gasteiger partial charge < -0.3 is 0 Å². The second kappa shape index (κ2) is 4.49. The summed E-state index contributed by atoms with van der Waals surface area (Å²) in [7, 11) is 0. The maximum Gasteiger partial charge on any atom is 0.307 e. The van der Waals surface area contributed by atoms with Crippen LogP contribution in [0.3, 0.4) is 0 Å². The van der Waals surface area contributed by atoms with E-state index in [1.54, 1.807) is 0 Å². The van der Waals surface area contributed by atoms with Crippen molar-refractivity contribution in [1.82, 2.24) is 4.57 Å². The normalized spacial score (nSPS) is 14.6. The van der Waals surface area contributed by atoms with E-state index in [9.17, 15) is 4.79 Å². The van der Waals surface area contributed by atoms with Crippen LogP contribution in [0.2, 0.25) is 0 Å². The molecule has 3 heteroatoms. The Balaban J connectivity index is 1.98. The fourth-order valence-corrected chi connectivity index (χ4v) is 3.53. The molecule has 0 bridgehead atoms. The van der Waals surface area contributed by atoms with Crippen LogP contribution < -0.4 is 4.87 Å². The first kappa shape index (κ1) is 10.8. The summed E-state index contributed by atoms with van der Waals surface area (Å²) in [4.78, 5) is 13.5. The van der Waals surface area contributed by atoms with E-state index in [0.717, 1.165) is 19.4 Å². The van der Waals surface area contributed by atoms with Crippen molar-refractivity contribution in [2.24, 2.45) is 0 Å². The Morgan fingerprint density at radius 1 is 1.12 bits per heavy atom. The molecule has 0 amide bonds. The molecule has 0 N–H and O–H groups in total. The lowest BCUT2D eigenvalue weighted by Crippen LogP contribution is -2.18. The third kappa shape index (κ3) is 2.07. The van der Waals surface area contributed by atoms with E-state index in [4.69, 9.17) is 0 Å². The molecule has 2 aromatic rings. The standard InChI is InChI=1S/C14H15NOS/c16-14-15(10-11-6-2-1-3-7-11)12-8-4-5-9-13(12)17-14/h1-3,6-7H,4-5,8-10H2. The van der Waals surface area contributed by atoms with Crippen molar-refractivity contribution in [2.45, 2.75) is 32.2 Å². The van der Waals surface area contributed by atoms with Gasteiger partial charge in [-0.15, -0.1) is 0 Å². The zero-order valence-corrected chi connectivity index (χ0v) is 10.5. The summed E-state index contributed by atoms with van der Waals surface area (Å²) >= 11 is 1.44. The third-order valence-corrected chi connectivity index (χ3v) is 4.41. The number of nitrogens with zero attached hydrogens (tertiary/aromatic N) is 1. The Morgan fingerprint density at radius 2 is 1.88 bits per heavy atom. The third-order valence-electron chi connectivity index (χ3n) is 3.33. The lowest BCUT2D eigenvalue weighted by Gasteiger charge is -2.13. The topological polar surface area (TPSA) is 22.0 Å². The Labute approximate surface area is 105 Å². The van der Waals surface area contributed by atoms with E-state index in [1.165, 1.54) is 40.3 Å². The molecular weight excluding hydrogens is 230 g/mol. The van der Waals surface area contributed by atoms with Crippen LogP contribution in [0.4, 0.5) is 0 Å². The Bertz CT molecular complexity index is 568. The second-order valence-electron chi connectivity index (χ2n) is 4.52. The Kier molecular flexibility index (Phi) is 2.85. The highest BCUT2D eigenvalue weighted by molar-refractivity contribution is 7.09. The van der Waals surface area contributed by atoms with Crippen LogP contribution >= 0.6 is 11.3 Å². The maximum absolute atomic E-state index is 12.0. The lowest BCUT2D eigenvalue weighted by atomic mass is 10.0. The van der Waals surface area contributed by atoms with Crippen molar-refractivity contribution in [3.63, 3.8) is 0 Å². The molecule has 1 aromatic carbocycles. The quantitative estimate of drug-likeness (QED) is 0.797. The minimum atomic E-state index is 0.209. The molecule has 88 valence electrons. The van der Waals surface area contributed by atoms with E-state index >= 15 is 0 Å². The molecule has 2 nitrogen and oxygen atoms in total. The largest absolute Gasteiger partial charge is 0.307 e. The average molecular weight is 245 g/mol. The molecule has 1 aromatic heterocycles. The van der Waals surface area contributed by atoms with Crippen LogP contribution in [0.25, 0.3) is 0 Å². The lowest BCUT2D eigenvalue weighted by molar-refractivity contribution is 0.625.